The van der Waals surface area contributed by atoms with E-state index in [1.807, 2.05) is 18.2 Å². The average molecular weight is 238 g/mol. The molecule has 0 fully saturated rings. The van der Waals surface area contributed by atoms with Crippen molar-refractivity contribution in [2.75, 3.05) is 18.5 Å². The topological polar surface area (TPSA) is 74.4 Å². The maximum absolute atomic E-state index is 9.80. The van der Waals surface area contributed by atoms with Crippen LogP contribution in [0.4, 0.5) is 5.82 Å². The number of nitrogens with one attached hydrogen (secondary N) is 1. The minimum absolute atomic E-state index is 0.617. The fraction of sp³-hybridized carbons (Fsp3) is 0.583. The van der Waals surface area contributed by atoms with Crippen LogP contribution in [0.25, 0.3) is 0 Å². The Labute approximate surface area is 103 Å². The molecule has 0 spiro atoms. The number of anilines is 1. The minimum atomic E-state index is -0.695. The molecule has 1 aromatic rings. The summed E-state index contributed by atoms with van der Waals surface area (Å²) < 4.78 is 0. The predicted molar refractivity (Wildman–Crippen MR) is 69.3 cm³/mol. The first kappa shape index (κ1) is 13.9. The molecule has 96 valence electrons. The quantitative estimate of drug-likeness (QED) is 0.508. The van der Waals surface area contributed by atoms with Gasteiger partial charge in [-0.05, 0) is 32.5 Å². The number of aliphatic hydroxyl groups is 1. The fourth-order valence-electron chi connectivity index (χ4n) is 1.70. The number of likely N-dealkylation sites (N-methyl/N-ethyl adjacent to an activating group) is 1. The van der Waals surface area contributed by atoms with Crippen LogP contribution in [0.3, 0.4) is 0 Å². The van der Waals surface area contributed by atoms with Gasteiger partial charge < -0.3 is 10.5 Å². The molecule has 0 aromatic carbocycles. The second-order valence-corrected chi connectivity index (χ2v) is 4.77. The molecule has 0 bridgehead atoms. The van der Waals surface area contributed by atoms with Crippen LogP contribution in [-0.2, 0) is 6.54 Å². The van der Waals surface area contributed by atoms with E-state index < -0.39 is 5.60 Å². The summed E-state index contributed by atoms with van der Waals surface area (Å²) in [6.45, 7) is 7.87. The van der Waals surface area contributed by atoms with Gasteiger partial charge in [-0.3, -0.25) is 4.90 Å². The maximum Gasteiger partial charge on any atom is 0.140 e. The van der Waals surface area contributed by atoms with Crippen molar-refractivity contribution >= 4 is 5.82 Å². The Morgan fingerprint density at radius 1 is 1.47 bits per heavy atom. The van der Waals surface area contributed by atoms with Crippen LogP contribution in [-0.4, -0.2) is 33.7 Å². The van der Waals surface area contributed by atoms with Gasteiger partial charge in [-0.25, -0.2) is 10.8 Å². The summed E-state index contributed by atoms with van der Waals surface area (Å²) >= 11 is 0. The van der Waals surface area contributed by atoms with E-state index in [9.17, 15) is 5.11 Å². The van der Waals surface area contributed by atoms with Crippen molar-refractivity contribution in [2.24, 2.45) is 5.84 Å². The Hall–Kier alpha value is -1.17. The Balaban J connectivity index is 2.67. The second-order valence-electron chi connectivity index (χ2n) is 4.77. The lowest BCUT2D eigenvalue weighted by molar-refractivity contribution is 0.0350. The van der Waals surface area contributed by atoms with Gasteiger partial charge in [-0.2, -0.15) is 0 Å². The highest BCUT2D eigenvalue weighted by Gasteiger charge is 2.17. The molecule has 5 nitrogen and oxygen atoms in total. The lowest BCUT2D eigenvalue weighted by atomic mass is 10.1. The molecule has 0 atom stereocenters. The van der Waals surface area contributed by atoms with Crippen LogP contribution < -0.4 is 11.3 Å². The van der Waals surface area contributed by atoms with Gasteiger partial charge in [0.1, 0.15) is 5.82 Å². The lowest BCUT2D eigenvalue weighted by Gasteiger charge is -2.27. The van der Waals surface area contributed by atoms with Crippen LogP contribution in [0.2, 0.25) is 0 Å². The smallest absolute Gasteiger partial charge is 0.140 e. The molecule has 0 unspecified atom stereocenters. The summed E-state index contributed by atoms with van der Waals surface area (Å²) in [4.78, 5) is 6.49. The van der Waals surface area contributed by atoms with Gasteiger partial charge >= 0.3 is 0 Å². The third-order valence-corrected chi connectivity index (χ3v) is 2.40. The first-order chi connectivity index (χ1) is 7.94. The number of nitrogens with zero attached hydrogens (tertiary/aromatic N) is 2. The summed E-state index contributed by atoms with van der Waals surface area (Å²) in [6, 6.07) is 5.68. The number of nitrogens with two attached hydrogens (primary N) is 1. The van der Waals surface area contributed by atoms with E-state index in [0.29, 0.717) is 18.9 Å². The zero-order chi connectivity index (χ0) is 12.9. The average Bonchev–Trinajstić information content (AvgIpc) is 2.26. The van der Waals surface area contributed by atoms with Crippen molar-refractivity contribution in [2.45, 2.75) is 32.9 Å². The molecule has 1 rings (SSSR count). The van der Waals surface area contributed by atoms with Crippen molar-refractivity contribution in [1.82, 2.24) is 9.88 Å². The van der Waals surface area contributed by atoms with E-state index in [1.54, 1.807) is 13.8 Å². The Morgan fingerprint density at radius 3 is 2.71 bits per heavy atom. The van der Waals surface area contributed by atoms with Crippen LogP contribution in [0, 0.1) is 0 Å². The first-order valence-corrected chi connectivity index (χ1v) is 5.82. The number of hydrazine groups is 1. The number of nitrogen functional groups attached to an aromatic ring is 1. The van der Waals surface area contributed by atoms with Gasteiger partial charge in [0.2, 0.25) is 0 Å². The largest absolute Gasteiger partial charge is 0.389 e. The molecular weight excluding hydrogens is 216 g/mol. The fourth-order valence-corrected chi connectivity index (χ4v) is 1.70. The normalized spacial score (nSPS) is 11.9. The van der Waals surface area contributed by atoms with Crippen molar-refractivity contribution in [3.63, 3.8) is 0 Å². The number of pyridine rings is 1. The molecule has 0 aliphatic rings. The highest BCUT2D eigenvalue weighted by atomic mass is 16.3. The summed E-state index contributed by atoms with van der Waals surface area (Å²) in [7, 11) is 0. The van der Waals surface area contributed by atoms with Crippen molar-refractivity contribution < 1.29 is 5.11 Å². The van der Waals surface area contributed by atoms with E-state index in [0.717, 1.165) is 12.2 Å². The summed E-state index contributed by atoms with van der Waals surface area (Å²) in [6.07, 6.45) is 0. The maximum atomic E-state index is 9.80. The number of hydrogen-bond acceptors (Lipinski definition) is 5. The molecule has 0 aliphatic carbocycles. The standard InChI is InChI=1S/C12H22N4O/c1-4-16(9-12(2,3)17)8-10-6-5-7-11(14-10)15-13/h5-7,17H,4,8-9,13H2,1-3H3,(H,14,15). The van der Waals surface area contributed by atoms with Crippen molar-refractivity contribution in [3.8, 4) is 0 Å². The molecule has 17 heavy (non-hydrogen) atoms. The molecule has 0 aliphatic heterocycles. The number of hydrogen-bond donors (Lipinski definition) is 3. The molecule has 1 heterocycles. The zero-order valence-electron chi connectivity index (χ0n) is 10.8. The van der Waals surface area contributed by atoms with E-state index >= 15 is 0 Å². The number of aromatic nitrogens is 1. The van der Waals surface area contributed by atoms with Gasteiger partial charge in [0.15, 0.2) is 0 Å². The number of rotatable bonds is 6. The summed E-state index contributed by atoms with van der Waals surface area (Å²) in [5, 5.41) is 9.80. The van der Waals surface area contributed by atoms with Crippen LogP contribution in [0.1, 0.15) is 26.5 Å². The van der Waals surface area contributed by atoms with E-state index in [1.165, 1.54) is 0 Å². The third kappa shape index (κ3) is 5.12. The van der Waals surface area contributed by atoms with Crippen LogP contribution in [0.15, 0.2) is 18.2 Å². The second kappa shape index (κ2) is 5.95. The van der Waals surface area contributed by atoms with Gasteiger partial charge in [0.25, 0.3) is 0 Å². The summed E-state index contributed by atoms with van der Waals surface area (Å²) in [5.74, 6) is 5.97. The van der Waals surface area contributed by atoms with Gasteiger partial charge in [0.05, 0.1) is 11.3 Å². The SMILES string of the molecule is CCN(Cc1cccc(NN)n1)CC(C)(C)O. The van der Waals surface area contributed by atoms with Crippen molar-refractivity contribution in [1.29, 1.82) is 0 Å². The van der Waals surface area contributed by atoms with Gasteiger partial charge in [0, 0.05) is 13.1 Å². The van der Waals surface area contributed by atoms with E-state index in [-0.39, 0.29) is 0 Å². The Kier molecular flexibility index (Phi) is 4.86. The third-order valence-electron chi connectivity index (χ3n) is 2.40. The van der Waals surface area contributed by atoms with Gasteiger partial charge in [-0.1, -0.05) is 13.0 Å². The minimum Gasteiger partial charge on any atom is -0.389 e. The molecule has 4 N–H and O–H groups in total. The zero-order valence-corrected chi connectivity index (χ0v) is 10.8. The molecule has 0 amide bonds. The lowest BCUT2D eigenvalue weighted by Crippen LogP contribution is -2.38. The molecular formula is C12H22N4O. The highest BCUT2D eigenvalue weighted by molar-refractivity contribution is 5.33. The Morgan fingerprint density at radius 2 is 2.18 bits per heavy atom. The first-order valence-electron chi connectivity index (χ1n) is 5.82. The molecule has 0 radical (unpaired) electrons. The highest BCUT2D eigenvalue weighted by Crippen LogP contribution is 2.10. The Bertz CT molecular complexity index is 349. The molecule has 5 heteroatoms. The van der Waals surface area contributed by atoms with Crippen LogP contribution >= 0.6 is 0 Å². The van der Waals surface area contributed by atoms with E-state index in [4.69, 9.17) is 5.84 Å². The summed E-state index contributed by atoms with van der Waals surface area (Å²) in [5.41, 5.74) is 2.77. The van der Waals surface area contributed by atoms with Gasteiger partial charge in [-0.15, -0.1) is 0 Å². The molecule has 0 saturated heterocycles. The van der Waals surface area contributed by atoms with E-state index in [2.05, 4.69) is 22.2 Å². The monoisotopic (exact) mass is 238 g/mol. The predicted octanol–water partition coefficient (Wildman–Crippen LogP) is 0.960. The van der Waals surface area contributed by atoms with Crippen molar-refractivity contribution in [3.05, 3.63) is 23.9 Å². The van der Waals surface area contributed by atoms with Crippen LogP contribution in [0.5, 0.6) is 0 Å². The molecule has 1 aromatic heterocycles. The molecule has 0 saturated carbocycles.